The molecule has 0 bridgehead atoms. The largest absolute Gasteiger partial charge is 0.491 e. The number of para-hydroxylation sites is 1. The Kier molecular flexibility index (Phi) is 6.34. The second-order valence-corrected chi connectivity index (χ2v) is 8.89. The average Bonchev–Trinajstić information content (AvgIpc) is 3.55. The van der Waals surface area contributed by atoms with Crippen molar-refractivity contribution in [3.05, 3.63) is 83.3 Å². The molecule has 3 aromatic heterocycles. The molecule has 38 heavy (non-hydrogen) atoms. The lowest BCUT2D eigenvalue weighted by molar-refractivity contribution is 0.200. The Labute approximate surface area is 216 Å². The molecule has 0 fully saturated rings. The van der Waals surface area contributed by atoms with Crippen LogP contribution in [0.1, 0.15) is 23.2 Å². The highest BCUT2D eigenvalue weighted by Gasteiger charge is 2.24. The predicted octanol–water partition coefficient (Wildman–Crippen LogP) is 4.21. The van der Waals surface area contributed by atoms with Crippen LogP contribution in [0.4, 0.5) is 20.3 Å². The Balaban J connectivity index is 1.41. The van der Waals surface area contributed by atoms with Crippen LogP contribution in [0.5, 0.6) is 5.75 Å². The minimum absolute atomic E-state index is 0.0137. The Morgan fingerprint density at radius 2 is 1.87 bits per heavy atom. The fourth-order valence-electron chi connectivity index (χ4n) is 4.68. The summed E-state index contributed by atoms with van der Waals surface area (Å²) in [5, 5.41) is 25.5. The molecule has 192 valence electrons. The van der Waals surface area contributed by atoms with Crippen molar-refractivity contribution in [1.82, 2.24) is 29.9 Å². The van der Waals surface area contributed by atoms with E-state index < -0.39 is 11.6 Å². The van der Waals surface area contributed by atoms with Gasteiger partial charge in [-0.25, -0.2) is 18.7 Å². The number of anilines is 2. The van der Waals surface area contributed by atoms with Crippen LogP contribution in [-0.4, -0.2) is 48.3 Å². The van der Waals surface area contributed by atoms with E-state index in [9.17, 15) is 8.78 Å². The van der Waals surface area contributed by atoms with Crippen molar-refractivity contribution in [3.63, 3.8) is 0 Å². The molecule has 0 radical (unpaired) electrons. The summed E-state index contributed by atoms with van der Waals surface area (Å²) in [4.78, 5) is 9.66. The number of aryl methyl sites for hydroxylation is 1. The topological polar surface area (TPSA) is 111 Å². The minimum atomic E-state index is -0.759. The van der Waals surface area contributed by atoms with E-state index in [1.165, 1.54) is 0 Å². The summed E-state index contributed by atoms with van der Waals surface area (Å²) in [5.74, 6) is -0.390. The second kappa shape index (κ2) is 10.1. The van der Waals surface area contributed by atoms with Crippen LogP contribution in [-0.2, 0) is 19.4 Å². The molecule has 0 unspecified atom stereocenters. The van der Waals surface area contributed by atoms with Crippen LogP contribution in [0, 0.1) is 11.6 Å². The van der Waals surface area contributed by atoms with Gasteiger partial charge in [-0.2, -0.15) is 15.3 Å². The third-order valence-electron chi connectivity index (χ3n) is 6.43. The summed E-state index contributed by atoms with van der Waals surface area (Å²) >= 11 is 0. The van der Waals surface area contributed by atoms with Crippen molar-refractivity contribution >= 4 is 22.4 Å². The molecule has 0 saturated carbocycles. The predicted molar refractivity (Wildman–Crippen MR) is 136 cm³/mol. The molecule has 0 atom stereocenters. The lowest BCUT2D eigenvalue weighted by atomic mass is 10.1. The number of ether oxygens (including phenoxy) is 1. The number of benzene rings is 2. The third kappa shape index (κ3) is 4.52. The van der Waals surface area contributed by atoms with Crippen molar-refractivity contribution in [2.75, 3.05) is 18.5 Å². The highest BCUT2D eigenvalue weighted by atomic mass is 19.1. The van der Waals surface area contributed by atoms with Gasteiger partial charge in [0.25, 0.3) is 0 Å². The number of halogens is 2. The number of hydrogen-bond donors (Lipinski definition) is 2. The van der Waals surface area contributed by atoms with Gasteiger partial charge in [-0.1, -0.05) is 18.2 Å². The number of fused-ring (bicyclic) bond motifs is 2. The maximum atomic E-state index is 14.9. The minimum Gasteiger partial charge on any atom is -0.491 e. The monoisotopic (exact) mass is 515 g/mol. The van der Waals surface area contributed by atoms with Crippen LogP contribution in [0.25, 0.3) is 22.4 Å². The molecule has 9 nitrogen and oxygen atoms in total. The molecule has 2 aromatic carbocycles. The normalized spacial score (nSPS) is 12.6. The summed E-state index contributed by atoms with van der Waals surface area (Å²) in [6.07, 6.45) is 5.89. The molecule has 0 aliphatic heterocycles. The Morgan fingerprint density at radius 3 is 2.66 bits per heavy atom. The number of aliphatic hydroxyl groups excluding tert-OH is 1. The number of aromatic nitrogens is 6. The van der Waals surface area contributed by atoms with Crippen LogP contribution in [0.3, 0.4) is 0 Å². The average molecular weight is 516 g/mol. The van der Waals surface area contributed by atoms with Gasteiger partial charge in [0.1, 0.15) is 35.5 Å². The Bertz CT molecular complexity index is 1600. The van der Waals surface area contributed by atoms with Crippen molar-refractivity contribution in [2.45, 2.75) is 25.8 Å². The van der Waals surface area contributed by atoms with Crippen LogP contribution in [0.2, 0.25) is 0 Å². The highest BCUT2D eigenvalue weighted by molar-refractivity contribution is 5.92. The first-order valence-electron chi connectivity index (χ1n) is 12.2. The summed E-state index contributed by atoms with van der Waals surface area (Å²) < 4.78 is 36.5. The third-order valence-corrected chi connectivity index (χ3v) is 6.43. The Hall–Kier alpha value is -4.51. The first kappa shape index (κ1) is 23.9. The quantitative estimate of drug-likeness (QED) is 0.316. The van der Waals surface area contributed by atoms with Gasteiger partial charge in [0.2, 0.25) is 0 Å². The van der Waals surface area contributed by atoms with E-state index in [1.54, 1.807) is 17.1 Å². The number of aliphatic hydroxyl groups is 1. The second-order valence-electron chi connectivity index (χ2n) is 8.89. The van der Waals surface area contributed by atoms with E-state index in [4.69, 9.17) is 24.9 Å². The molecule has 6 rings (SSSR count). The van der Waals surface area contributed by atoms with Gasteiger partial charge < -0.3 is 15.2 Å². The SMILES string of the molecule is OCCOc1cc(F)c(Cn2nc(-c3nc4c(c(Nc5ccnnc5)n3)CCC4)c3ccccc32)c(F)c1. The van der Waals surface area contributed by atoms with Gasteiger partial charge in [0.15, 0.2) is 5.82 Å². The first-order valence-corrected chi connectivity index (χ1v) is 12.2. The van der Waals surface area contributed by atoms with Crippen molar-refractivity contribution in [1.29, 1.82) is 0 Å². The van der Waals surface area contributed by atoms with Gasteiger partial charge in [-0.05, 0) is 31.4 Å². The van der Waals surface area contributed by atoms with Gasteiger partial charge in [-0.15, -0.1) is 0 Å². The molecular formula is C27H23F2N7O2. The van der Waals surface area contributed by atoms with E-state index in [-0.39, 0.29) is 31.1 Å². The zero-order valence-corrected chi connectivity index (χ0v) is 20.2. The molecule has 11 heteroatoms. The van der Waals surface area contributed by atoms with Crippen LogP contribution >= 0.6 is 0 Å². The van der Waals surface area contributed by atoms with Crippen molar-refractivity contribution < 1.29 is 18.6 Å². The smallest absolute Gasteiger partial charge is 0.182 e. The van der Waals surface area contributed by atoms with Gasteiger partial charge in [0.05, 0.1) is 36.7 Å². The molecule has 3 heterocycles. The van der Waals surface area contributed by atoms with Gasteiger partial charge >= 0.3 is 0 Å². The van der Waals surface area contributed by atoms with Gasteiger partial charge in [-0.3, -0.25) is 4.68 Å². The molecular weight excluding hydrogens is 492 g/mol. The van der Waals surface area contributed by atoms with Crippen molar-refractivity contribution in [2.24, 2.45) is 0 Å². The molecule has 0 amide bonds. The maximum Gasteiger partial charge on any atom is 0.182 e. The summed E-state index contributed by atoms with van der Waals surface area (Å²) in [6, 6.07) is 11.5. The lowest BCUT2D eigenvalue weighted by Crippen LogP contribution is -2.08. The fraction of sp³-hybridized carbons (Fsp3) is 0.222. The number of nitrogens with zero attached hydrogens (tertiary/aromatic N) is 6. The lowest BCUT2D eigenvalue weighted by Gasteiger charge is -2.11. The maximum absolute atomic E-state index is 14.9. The molecule has 2 N–H and O–H groups in total. The number of rotatable bonds is 8. The molecule has 0 spiro atoms. The van der Waals surface area contributed by atoms with Crippen molar-refractivity contribution in [3.8, 4) is 17.3 Å². The highest BCUT2D eigenvalue weighted by Crippen LogP contribution is 2.33. The summed E-state index contributed by atoms with van der Waals surface area (Å²) in [7, 11) is 0. The van der Waals surface area contributed by atoms with Gasteiger partial charge in [0, 0.05) is 34.3 Å². The summed E-state index contributed by atoms with van der Waals surface area (Å²) in [6.45, 7) is -0.452. The van der Waals surface area contributed by atoms with E-state index >= 15 is 0 Å². The first-order chi connectivity index (χ1) is 18.6. The van der Waals surface area contributed by atoms with Crippen LogP contribution in [0.15, 0.2) is 54.9 Å². The number of nitrogens with one attached hydrogen (secondary N) is 1. The van der Waals surface area contributed by atoms with E-state index in [2.05, 4.69) is 15.5 Å². The molecule has 1 aliphatic carbocycles. The van der Waals surface area contributed by atoms with E-state index in [0.29, 0.717) is 22.9 Å². The Morgan fingerprint density at radius 1 is 1.03 bits per heavy atom. The standard InChI is InChI=1S/C27H23F2N7O2/c28-21-12-17(38-11-10-37)13-22(29)20(21)15-36-24-7-2-1-4-19(24)25(35-36)27-33-23-6-3-5-18(23)26(34-27)32-16-8-9-30-31-14-16/h1-2,4,7-9,12-14,37H,3,5-6,10-11,15H2,(H,30,32,33,34). The fourth-order valence-corrected chi connectivity index (χ4v) is 4.68. The zero-order valence-electron chi connectivity index (χ0n) is 20.2. The zero-order chi connectivity index (χ0) is 26.1. The number of hydrogen-bond acceptors (Lipinski definition) is 8. The van der Waals surface area contributed by atoms with E-state index in [1.807, 2.05) is 30.3 Å². The van der Waals surface area contributed by atoms with Crippen LogP contribution < -0.4 is 10.1 Å². The van der Waals surface area contributed by atoms with E-state index in [0.717, 1.165) is 53.7 Å². The summed E-state index contributed by atoms with van der Waals surface area (Å²) in [5.41, 5.74) is 3.83. The molecule has 0 saturated heterocycles. The molecule has 5 aromatic rings. The molecule has 1 aliphatic rings.